The number of rotatable bonds is 13. The number of hydrogen-bond acceptors (Lipinski definition) is 10. The van der Waals surface area contributed by atoms with Gasteiger partial charge in [0.2, 0.25) is 0 Å². The fraction of sp³-hybridized carbons (Fsp3) is 0.362. The van der Waals surface area contributed by atoms with Crippen molar-refractivity contribution in [2.75, 3.05) is 0 Å². The standard InChI is InChI=1S/C47H50O10P2/c1-44(2)25-30-16-11-21-36(40(30)49-44)54-58(55-37-22-12-17-31-26-45(3,4)50-41(31)37)48-29-34-15-9-10-20-35(34)53-59(56-38-23-13-18-32-27-46(5,6)51-42(32)38)57-39-24-14-19-33-28-47(7,8)52-43(33)39/h9-24H,25-29H2,1-8H3. The first-order valence-corrected chi connectivity index (χ1v) is 22.2. The molecular formula is C47H50O10P2. The van der Waals surface area contributed by atoms with Crippen LogP contribution in [0.2, 0.25) is 0 Å². The number of hydrogen-bond donors (Lipinski definition) is 0. The Morgan fingerprint density at radius 1 is 0.390 bits per heavy atom. The number of para-hydroxylation sites is 5. The molecule has 0 saturated heterocycles. The third-order valence-electron chi connectivity index (χ3n) is 10.4. The second-order valence-electron chi connectivity index (χ2n) is 17.9. The highest BCUT2D eigenvalue weighted by Gasteiger charge is 2.39. The number of benzene rings is 5. The van der Waals surface area contributed by atoms with Crippen LogP contribution >= 0.6 is 17.2 Å². The first-order valence-electron chi connectivity index (χ1n) is 20.0. The zero-order chi connectivity index (χ0) is 41.2. The van der Waals surface area contributed by atoms with E-state index in [1.54, 1.807) is 0 Å². The zero-order valence-electron chi connectivity index (χ0n) is 34.8. The fourth-order valence-electron chi connectivity index (χ4n) is 8.00. The van der Waals surface area contributed by atoms with Gasteiger partial charge in [-0.3, -0.25) is 4.52 Å². The van der Waals surface area contributed by atoms with Gasteiger partial charge in [-0.1, -0.05) is 66.7 Å². The van der Waals surface area contributed by atoms with Gasteiger partial charge < -0.3 is 41.6 Å². The summed E-state index contributed by atoms with van der Waals surface area (Å²) in [5.41, 5.74) is 3.50. The fourth-order valence-corrected chi connectivity index (χ4v) is 10.1. The molecule has 5 aromatic carbocycles. The van der Waals surface area contributed by atoms with Crippen molar-refractivity contribution in [1.82, 2.24) is 0 Å². The van der Waals surface area contributed by atoms with Crippen molar-refractivity contribution in [3.8, 4) is 51.7 Å². The lowest BCUT2D eigenvalue weighted by atomic mass is 10.0. The molecule has 12 heteroatoms. The van der Waals surface area contributed by atoms with E-state index < -0.39 is 17.2 Å². The molecule has 0 aromatic heterocycles. The molecule has 0 unspecified atom stereocenters. The van der Waals surface area contributed by atoms with Gasteiger partial charge in [-0.15, -0.1) is 0 Å². The van der Waals surface area contributed by atoms with Gasteiger partial charge in [0, 0.05) is 53.5 Å². The Morgan fingerprint density at radius 2 is 0.695 bits per heavy atom. The number of ether oxygens (including phenoxy) is 4. The highest BCUT2D eigenvalue weighted by atomic mass is 31.2. The molecule has 4 aliphatic heterocycles. The molecule has 0 N–H and O–H groups in total. The zero-order valence-corrected chi connectivity index (χ0v) is 36.5. The van der Waals surface area contributed by atoms with Crippen LogP contribution in [0.15, 0.2) is 97.1 Å². The maximum absolute atomic E-state index is 6.73. The molecule has 0 amide bonds. The van der Waals surface area contributed by atoms with E-state index in [0.717, 1.165) is 53.5 Å². The predicted molar refractivity (Wildman–Crippen MR) is 228 cm³/mol. The van der Waals surface area contributed by atoms with Gasteiger partial charge in [0.1, 0.15) is 28.2 Å². The molecule has 59 heavy (non-hydrogen) atoms. The molecule has 0 spiro atoms. The van der Waals surface area contributed by atoms with Crippen molar-refractivity contribution in [3.63, 3.8) is 0 Å². The van der Waals surface area contributed by atoms with Crippen molar-refractivity contribution in [1.29, 1.82) is 0 Å². The molecule has 0 aliphatic carbocycles. The molecule has 0 fully saturated rings. The molecule has 0 radical (unpaired) electrons. The van der Waals surface area contributed by atoms with Crippen LogP contribution in [0, 0.1) is 0 Å². The normalized spacial score (nSPS) is 18.1. The van der Waals surface area contributed by atoms with Crippen LogP contribution in [-0.2, 0) is 36.8 Å². The monoisotopic (exact) mass is 836 g/mol. The lowest BCUT2D eigenvalue weighted by molar-refractivity contribution is 0.133. The van der Waals surface area contributed by atoms with Crippen LogP contribution in [0.4, 0.5) is 0 Å². The summed E-state index contributed by atoms with van der Waals surface area (Å²) >= 11 is 0. The maximum atomic E-state index is 6.73. The highest BCUT2D eigenvalue weighted by molar-refractivity contribution is 7.43. The largest absolute Gasteiger partial charge is 0.530 e. The second-order valence-corrected chi connectivity index (χ2v) is 20.0. The van der Waals surface area contributed by atoms with Crippen molar-refractivity contribution < 1.29 is 46.1 Å². The molecule has 0 bridgehead atoms. The predicted octanol–water partition coefficient (Wildman–Crippen LogP) is 12.2. The van der Waals surface area contributed by atoms with Gasteiger partial charge in [-0.25, -0.2) is 0 Å². The number of fused-ring (bicyclic) bond motifs is 4. The highest BCUT2D eigenvalue weighted by Crippen LogP contribution is 2.55. The molecule has 4 heterocycles. The van der Waals surface area contributed by atoms with E-state index in [1.807, 2.05) is 72.8 Å². The summed E-state index contributed by atoms with van der Waals surface area (Å²) < 4.78 is 65.3. The molecule has 308 valence electrons. The first-order chi connectivity index (χ1) is 28.1. The third kappa shape index (κ3) is 8.59. The molecule has 9 rings (SSSR count). The van der Waals surface area contributed by atoms with Gasteiger partial charge in [0.05, 0.1) is 6.61 Å². The lowest BCUT2D eigenvalue weighted by Crippen LogP contribution is -2.24. The van der Waals surface area contributed by atoms with Gasteiger partial charge in [-0.05, 0) is 85.7 Å². The summed E-state index contributed by atoms with van der Waals surface area (Å²) in [5, 5.41) is 0. The topological polar surface area (TPSA) is 92.3 Å². The first kappa shape index (κ1) is 39.6. The minimum absolute atomic E-state index is 0.0733. The molecule has 0 saturated carbocycles. The summed E-state index contributed by atoms with van der Waals surface area (Å²) in [6, 6.07) is 31.3. The van der Waals surface area contributed by atoms with Crippen LogP contribution in [-0.4, -0.2) is 22.4 Å². The van der Waals surface area contributed by atoms with Crippen molar-refractivity contribution >= 4 is 17.2 Å². The van der Waals surface area contributed by atoms with Gasteiger partial charge in [0.25, 0.3) is 0 Å². The quantitative estimate of drug-likeness (QED) is 0.107. The van der Waals surface area contributed by atoms with Crippen molar-refractivity contribution in [2.45, 2.75) is 110 Å². The van der Waals surface area contributed by atoms with E-state index in [0.29, 0.717) is 51.7 Å². The Balaban J connectivity index is 1.01. The summed E-state index contributed by atoms with van der Waals surface area (Å²) in [4.78, 5) is 0. The van der Waals surface area contributed by atoms with Gasteiger partial charge >= 0.3 is 17.2 Å². The van der Waals surface area contributed by atoms with Gasteiger partial charge in [-0.2, -0.15) is 0 Å². The second kappa shape index (κ2) is 15.0. The molecule has 4 aliphatic rings. The smallest absolute Gasteiger partial charge is 0.483 e. The third-order valence-corrected chi connectivity index (χ3v) is 12.5. The summed E-state index contributed by atoms with van der Waals surface area (Å²) in [6.45, 7) is 16.6. The van der Waals surface area contributed by atoms with E-state index in [4.69, 9.17) is 46.1 Å². The van der Waals surface area contributed by atoms with Crippen LogP contribution in [0.3, 0.4) is 0 Å². The Morgan fingerprint density at radius 3 is 1.07 bits per heavy atom. The van der Waals surface area contributed by atoms with Crippen molar-refractivity contribution in [3.05, 3.63) is 125 Å². The van der Waals surface area contributed by atoms with E-state index >= 15 is 0 Å². The molecule has 10 nitrogen and oxygen atoms in total. The van der Waals surface area contributed by atoms with E-state index in [2.05, 4.69) is 79.7 Å². The Labute approximate surface area is 348 Å². The van der Waals surface area contributed by atoms with Crippen LogP contribution < -0.4 is 41.6 Å². The van der Waals surface area contributed by atoms with Crippen molar-refractivity contribution in [2.24, 2.45) is 0 Å². The SMILES string of the molecule is CC1(C)Cc2cccc(OP(OCc3ccccc3OP(Oc3cccc4c3OC(C)(C)C4)Oc3cccc4c3OC(C)(C)C4)Oc3cccc4c3OC(C)(C)C4)c2O1. The maximum Gasteiger partial charge on any atom is 0.530 e. The van der Waals surface area contributed by atoms with Crippen LogP contribution in [0.5, 0.6) is 51.7 Å². The Bertz CT molecular complexity index is 2250. The average Bonchev–Trinajstić information content (AvgIpc) is 3.88. The molecular weight excluding hydrogens is 786 g/mol. The Hall–Kier alpha value is -4.88. The summed E-state index contributed by atoms with van der Waals surface area (Å²) in [7, 11) is -4.17. The van der Waals surface area contributed by atoms with E-state index in [9.17, 15) is 0 Å². The van der Waals surface area contributed by atoms with Gasteiger partial charge in [0.15, 0.2) is 46.0 Å². The lowest BCUT2D eigenvalue weighted by Gasteiger charge is -2.24. The van der Waals surface area contributed by atoms with E-state index in [1.165, 1.54) is 0 Å². The minimum atomic E-state index is -2.12. The van der Waals surface area contributed by atoms with Crippen LogP contribution in [0.1, 0.15) is 83.2 Å². The summed E-state index contributed by atoms with van der Waals surface area (Å²) in [6.07, 6.45) is 3.04. The van der Waals surface area contributed by atoms with E-state index in [-0.39, 0.29) is 29.0 Å². The molecule has 5 aromatic rings. The minimum Gasteiger partial charge on any atom is -0.483 e. The van der Waals surface area contributed by atoms with Crippen LogP contribution in [0.25, 0.3) is 0 Å². The Kier molecular flexibility index (Phi) is 10.1. The average molecular weight is 837 g/mol. The molecule has 0 atom stereocenters. The summed E-state index contributed by atoms with van der Waals surface area (Å²) in [5.74, 6) is 5.42.